The highest BCUT2D eigenvalue weighted by Gasteiger charge is 2.28. The minimum Gasteiger partial charge on any atom is -0.480 e. The molecule has 0 saturated carbocycles. The third-order valence-electron chi connectivity index (χ3n) is 3.40. The van der Waals surface area contributed by atoms with E-state index in [0.717, 1.165) is 19.5 Å². The molecule has 0 radical (unpaired) electrons. The molecule has 0 aromatic rings. The summed E-state index contributed by atoms with van der Waals surface area (Å²) in [5.74, 6) is -0.826. The minimum atomic E-state index is -1.28. The molecule has 0 aromatic carbocycles. The van der Waals surface area contributed by atoms with Crippen molar-refractivity contribution in [1.82, 2.24) is 15.1 Å². The molecule has 0 bridgehead atoms. The monoisotopic (exact) mass is 273 g/mol. The number of likely N-dealkylation sites (tertiary alicyclic amines) is 1. The second kappa shape index (κ2) is 6.72. The average Bonchev–Trinajstić information content (AvgIpc) is 2.70. The van der Waals surface area contributed by atoms with Crippen molar-refractivity contribution in [3.05, 3.63) is 0 Å². The number of carbonyl (C=O) groups is 2. The molecule has 7 heteroatoms. The second-order valence-corrected chi connectivity index (χ2v) is 5.30. The zero-order valence-electron chi connectivity index (χ0n) is 11.7. The second-order valence-electron chi connectivity index (χ2n) is 5.30. The highest BCUT2D eigenvalue weighted by atomic mass is 16.4. The van der Waals surface area contributed by atoms with Crippen molar-refractivity contribution in [3.63, 3.8) is 0 Å². The van der Waals surface area contributed by atoms with Crippen molar-refractivity contribution in [1.29, 1.82) is 0 Å². The number of urea groups is 1. The zero-order valence-corrected chi connectivity index (χ0v) is 11.7. The van der Waals surface area contributed by atoms with Gasteiger partial charge in [0.05, 0.1) is 6.10 Å². The largest absolute Gasteiger partial charge is 0.480 e. The van der Waals surface area contributed by atoms with Crippen molar-refractivity contribution in [2.45, 2.75) is 25.5 Å². The Bertz CT molecular complexity index is 335. The van der Waals surface area contributed by atoms with Gasteiger partial charge in [0.25, 0.3) is 0 Å². The molecule has 1 heterocycles. The number of carbonyl (C=O) groups excluding carboxylic acids is 1. The molecule has 0 aromatic heterocycles. The summed E-state index contributed by atoms with van der Waals surface area (Å²) in [5.41, 5.74) is 0. The van der Waals surface area contributed by atoms with Gasteiger partial charge in [-0.2, -0.15) is 0 Å². The molecule has 1 saturated heterocycles. The quantitative estimate of drug-likeness (QED) is 0.623. The fourth-order valence-electron chi connectivity index (χ4n) is 2.28. The van der Waals surface area contributed by atoms with Crippen molar-refractivity contribution >= 4 is 12.0 Å². The van der Waals surface area contributed by atoms with E-state index in [1.54, 1.807) is 7.05 Å². The number of aliphatic carboxylic acids is 1. The highest BCUT2D eigenvalue weighted by Crippen LogP contribution is 2.15. The summed E-state index contributed by atoms with van der Waals surface area (Å²) in [6, 6.07) is -1.75. The lowest BCUT2D eigenvalue weighted by molar-refractivity contribution is -0.141. The normalized spacial score (nSPS) is 22.8. The van der Waals surface area contributed by atoms with Gasteiger partial charge in [0.15, 0.2) is 6.04 Å². The summed E-state index contributed by atoms with van der Waals surface area (Å²) in [6.07, 6.45) is -0.0974. The van der Waals surface area contributed by atoms with E-state index >= 15 is 0 Å². The number of aliphatic hydroxyl groups excluding tert-OH is 1. The van der Waals surface area contributed by atoms with Gasteiger partial charge in [-0.25, -0.2) is 9.59 Å². The Balaban J connectivity index is 2.45. The summed E-state index contributed by atoms with van der Waals surface area (Å²) >= 11 is 0. The Morgan fingerprint density at radius 1 is 1.53 bits per heavy atom. The highest BCUT2D eigenvalue weighted by molar-refractivity contribution is 5.82. The Kier molecular flexibility index (Phi) is 5.56. The summed E-state index contributed by atoms with van der Waals surface area (Å²) in [5, 5.41) is 20.5. The maximum absolute atomic E-state index is 11.9. The van der Waals surface area contributed by atoms with Gasteiger partial charge in [-0.15, -0.1) is 0 Å². The maximum Gasteiger partial charge on any atom is 0.328 e. The Labute approximate surface area is 113 Å². The van der Waals surface area contributed by atoms with Gasteiger partial charge < -0.3 is 25.3 Å². The van der Waals surface area contributed by atoms with Crippen molar-refractivity contribution in [3.8, 4) is 0 Å². The van der Waals surface area contributed by atoms with Crippen LogP contribution in [0.25, 0.3) is 0 Å². The van der Waals surface area contributed by atoms with E-state index < -0.39 is 24.1 Å². The average molecular weight is 273 g/mol. The van der Waals surface area contributed by atoms with Gasteiger partial charge in [0.2, 0.25) is 0 Å². The van der Waals surface area contributed by atoms with E-state index in [0.29, 0.717) is 12.5 Å². The number of amides is 2. The Morgan fingerprint density at radius 3 is 2.58 bits per heavy atom. The Hall–Kier alpha value is -1.34. The number of hydrogen-bond acceptors (Lipinski definition) is 4. The van der Waals surface area contributed by atoms with Crippen LogP contribution >= 0.6 is 0 Å². The number of nitrogens with one attached hydrogen (secondary N) is 1. The predicted octanol–water partition coefficient (Wildman–Crippen LogP) is -0.586. The first-order chi connectivity index (χ1) is 8.81. The number of carboxylic acid groups (broad SMARTS) is 1. The maximum atomic E-state index is 11.9. The standard InChI is InChI=1S/C12H23N3O4/c1-8(16)10(11(17)18)13-12(19)15(3)7-9-4-5-14(2)6-9/h8-10,16H,4-7H2,1-3H3,(H,13,19)(H,17,18)/t8-,9?,10+/m1/s1. The van der Waals surface area contributed by atoms with Gasteiger partial charge >= 0.3 is 12.0 Å². The van der Waals surface area contributed by atoms with Crippen LogP contribution in [0.2, 0.25) is 0 Å². The first kappa shape index (κ1) is 15.7. The van der Waals surface area contributed by atoms with Crippen molar-refractivity contribution in [2.75, 3.05) is 33.7 Å². The van der Waals surface area contributed by atoms with Crippen LogP contribution < -0.4 is 5.32 Å². The van der Waals surface area contributed by atoms with Gasteiger partial charge in [-0.05, 0) is 32.9 Å². The van der Waals surface area contributed by atoms with Crippen LogP contribution in [0.5, 0.6) is 0 Å². The molecular weight excluding hydrogens is 250 g/mol. The van der Waals surface area contributed by atoms with Gasteiger partial charge in [0.1, 0.15) is 0 Å². The van der Waals surface area contributed by atoms with E-state index in [9.17, 15) is 14.7 Å². The molecule has 19 heavy (non-hydrogen) atoms. The minimum absolute atomic E-state index is 0.413. The Morgan fingerprint density at radius 2 is 2.16 bits per heavy atom. The number of rotatable bonds is 5. The molecule has 1 fully saturated rings. The lowest BCUT2D eigenvalue weighted by Crippen LogP contribution is -2.52. The molecule has 1 aliphatic heterocycles. The van der Waals surface area contributed by atoms with E-state index in [4.69, 9.17) is 5.11 Å². The number of carboxylic acids is 1. The van der Waals surface area contributed by atoms with Crippen LogP contribution in [0.15, 0.2) is 0 Å². The molecule has 3 N–H and O–H groups in total. The summed E-state index contributed by atoms with van der Waals surface area (Å²) in [7, 11) is 3.67. The summed E-state index contributed by atoms with van der Waals surface area (Å²) < 4.78 is 0. The smallest absolute Gasteiger partial charge is 0.328 e. The molecule has 7 nitrogen and oxygen atoms in total. The van der Waals surface area contributed by atoms with Crippen molar-refractivity contribution in [2.24, 2.45) is 5.92 Å². The van der Waals surface area contributed by atoms with Crippen LogP contribution in [0.3, 0.4) is 0 Å². The number of nitrogens with zero attached hydrogens (tertiary/aromatic N) is 2. The van der Waals surface area contributed by atoms with Crippen LogP contribution in [0, 0.1) is 5.92 Å². The lowest BCUT2D eigenvalue weighted by Gasteiger charge is -2.24. The number of hydrogen-bond donors (Lipinski definition) is 3. The molecule has 1 unspecified atom stereocenters. The first-order valence-electron chi connectivity index (χ1n) is 6.42. The van der Waals surface area contributed by atoms with Crippen LogP contribution in [-0.2, 0) is 4.79 Å². The molecule has 2 amide bonds. The van der Waals surface area contributed by atoms with Crippen LogP contribution in [0.4, 0.5) is 4.79 Å². The van der Waals surface area contributed by atoms with E-state index in [-0.39, 0.29) is 0 Å². The summed E-state index contributed by atoms with van der Waals surface area (Å²) in [6.45, 7) is 3.88. The van der Waals surface area contributed by atoms with E-state index in [1.165, 1.54) is 11.8 Å². The summed E-state index contributed by atoms with van der Waals surface area (Å²) in [4.78, 5) is 26.4. The van der Waals surface area contributed by atoms with Crippen molar-refractivity contribution < 1.29 is 19.8 Å². The third-order valence-corrected chi connectivity index (χ3v) is 3.40. The molecule has 110 valence electrons. The van der Waals surface area contributed by atoms with Crippen LogP contribution in [-0.4, -0.2) is 77.9 Å². The van der Waals surface area contributed by atoms with Gasteiger partial charge in [-0.1, -0.05) is 0 Å². The molecule has 3 atom stereocenters. The molecule has 1 rings (SSSR count). The number of aliphatic hydroxyl groups is 1. The molecular formula is C12H23N3O4. The first-order valence-corrected chi connectivity index (χ1v) is 6.42. The topological polar surface area (TPSA) is 93.1 Å². The van der Waals surface area contributed by atoms with E-state index in [1.807, 2.05) is 7.05 Å². The zero-order chi connectivity index (χ0) is 14.6. The van der Waals surface area contributed by atoms with Gasteiger partial charge in [-0.3, -0.25) is 0 Å². The molecule has 1 aliphatic rings. The van der Waals surface area contributed by atoms with Gasteiger partial charge in [0, 0.05) is 20.1 Å². The molecule has 0 spiro atoms. The van der Waals surface area contributed by atoms with Crippen LogP contribution in [0.1, 0.15) is 13.3 Å². The SMILES string of the molecule is C[C@@H](O)[C@H](NC(=O)N(C)CC1CCN(C)C1)C(=O)O. The lowest BCUT2D eigenvalue weighted by atomic mass is 10.1. The predicted molar refractivity (Wildman–Crippen MR) is 69.9 cm³/mol. The fraction of sp³-hybridized carbons (Fsp3) is 0.833. The van der Waals surface area contributed by atoms with E-state index in [2.05, 4.69) is 10.2 Å². The third kappa shape index (κ3) is 4.68. The molecule has 0 aliphatic carbocycles. The fourth-order valence-corrected chi connectivity index (χ4v) is 2.28.